The van der Waals surface area contributed by atoms with Gasteiger partial charge in [0, 0.05) is 5.02 Å². The third-order valence-corrected chi connectivity index (χ3v) is 3.78. The van der Waals surface area contributed by atoms with E-state index in [2.05, 4.69) is 5.10 Å². The van der Waals surface area contributed by atoms with E-state index in [1.54, 1.807) is 0 Å². The van der Waals surface area contributed by atoms with Gasteiger partial charge in [-0.1, -0.05) is 23.7 Å². The van der Waals surface area contributed by atoms with Gasteiger partial charge in [0.1, 0.15) is 17.3 Å². The summed E-state index contributed by atoms with van der Waals surface area (Å²) in [7, 11) is 0. The zero-order chi connectivity index (χ0) is 19.8. The summed E-state index contributed by atoms with van der Waals surface area (Å²) in [6.07, 6.45) is -4.39. The van der Waals surface area contributed by atoms with Gasteiger partial charge >= 0.3 is 6.18 Å². The Morgan fingerprint density at radius 3 is 2.41 bits per heavy atom. The highest BCUT2D eigenvalue weighted by Gasteiger charge is 2.41. The number of aromatic nitrogens is 2. The number of nitrogens with zero attached hydrogens (tertiary/aromatic N) is 2. The molecular formula is C17H9ClF5N3O. The Bertz CT molecular complexity index is 1020. The molecule has 0 atom stereocenters. The van der Waals surface area contributed by atoms with Gasteiger partial charge in [0.25, 0.3) is 5.91 Å². The van der Waals surface area contributed by atoms with Crippen LogP contribution in [0.1, 0.15) is 16.1 Å². The summed E-state index contributed by atoms with van der Waals surface area (Å²) >= 11 is 5.59. The molecule has 0 saturated heterocycles. The Morgan fingerprint density at radius 2 is 1.78 bits per heavy atom. The van der Waals surface area contributed by atoms with E-state index in [0.717, 1.165) is 24.3 Å². The molecule has 0 aliphatic carbocycles. The van der Waals surface area contributed by atoms with Crippen LogP contribution in [0.15, 0.2) is 48.7 Å². The third-order valence-electron chi connectivity index (χ3n) is 3.54. The fraction of sp³-hybridized carbons (Fsp3) is 0.0588. The highest BCUT2D eigenvalue weighted by molar-refractivity contribution is 6.30. The van der Waals surface area contributed by atoms with Gasteiger partial charge < -0.3 is 5.32 Å². The van der Waals surface area contributed by atoms with Gasteiger partial charge in [-0.05, 0) is 30.3 Å². The van der Waals surface area contributed by atoms with E-state index in [-0.39, 0.29) is 15.4 Å². The van der Waals surface area contributed by atoms with E-state index < -0.39 is 40.7 Å². The van der Waals surface area contributed by atoms with Crippen molar-refractivity contribution in [1.82, 2.24) is 9.78 Å². The summed E-state index contributed by atoms with van der Waals surface area (Å²) in [5.74, 6) is -3.14. The van der Waals surface area contributed by atoms with Crippen molar-refractivity contribution in [3.63, 3.8) is 0 Å². The highest BCUT2D eigenvalue weighted by atomic mass is 35.5. The summed E-state index contributed by atoms with van der Waals surface area (Å²) in [5, 5.41) is 5.57. The smallest absolute Gasteiger partial charge is 0.319 e. The number of anilines is 1. The molecule has 140 valence electrons. The zero-order valence-electron chi connectivity index (χ0n) is 13.2. The van der Waals surface area contributed by atoms with Crippen molar-refractivity contribution in [3.05, 3.63) is 76.6 Å². The van der Waals surface area contributed by atoms with Crippen LogP contribution >= 0.6 is 11.6 Å². The molecule has 3 aromatic rings. The molecule has 0 fully saturated rings. The van der Waals surface area contributed by atoms with E-state index in [9.17, 15) is 26.7 Å². The molecule has 0 saturated carbocycles. The molecule has 0 unspecified atom stereocenters. The predicted octanol–water partition coefficient (Wildman–Crippen LogP) is 5.08. The van der Waals surface area contributed by atoms with Crippen LogP contribution in [0.3, 0.4) is 0 Å². The first-order valence-corrected chi connectivity index (χ1v) is 7.73. The number of carbonyl (C=O) groups excluding carboxylic acids is 1. The molecule has 0 aliphatic heterocycles. The summed E-state index contributed by atoms with van der Waals surface area (Å²) in [5.41, 5.74) is -3.22. The zero-order valence-corrected chi connectivity index (χ0v) is 13.9. The fourth-order valence-corrected chi connectivity index (χ4v) is 2.53. The van der Waals surface area contributed by atoms with E-state index in [4.69, 9.17) is 11.6 Å². The number of amides is 1. The van der Waals surface area contributed by atoms with Crippen molar-refractivity contribution in [2.24, 2.45) is 0 Å². The molecule has 0 radical (unpaired) electrons. The van der Waals surface area contributed by atoms with Crippen molar-refractivity contribution in [2.45, 2.75) is 6.18 Å². The van der Waals surface area contributed by atoms with Gasteiger partial charge in [0.2, 0.25) is 0 Å². The third kappa shape index (κ3) is 3.77. The van der Waals surface area contributed by atoms with Crippen LogP contribution < -0.4 is 5.32 Å². The Kier molecular flexibility index (Phi) is 4.88. The predicted molar refractivity (Wildman–Crippen MR) is 87.9 cm³/mol. The number of carbonyl (C=O) groups is 1. The fourth-order valence-electron chi connectivity index (χ4n) is 2.37. The molecule has 3 rings (SSSR count). The summed E-state index contributed by atoms with van der Waals surface area (Å²) in [6, 6.07) is 7.91. The molecule has 0 bridgehead atoms. The molecule has 2 aromatic carbocycles. The van der Waals surface area contributed by atoms with Gasteiger partial charge in [-0.2, -0.15) is 18.3 Å². The largest absolute Gasteiger partial charge is 0.434 e. The number of alkyl halides is 3. The van der Waals surface area contributed by atoms with Gasteiger partial charge in [-0.3, -0.25) is 4.79 Å². The van der Waals surface area contributed by atoms with E-state index in [1.165, 1.54) is 18.2 Å². The lowest BCUT2D eigenvalue weighted by Crippen LogP contribution is -2.21. The van der Waals surface area contributed by atoms with Crippen molar-refractivity contribution in [3.8, 4) is 5.69 Å². The van der Waals surface area contributed by atoms with E-state index in [0.29, 0.717) is 6.20 Å². The highest BCUT2D eigenvalue weighted by Crippen LogP contribution is 2.34. The van der Waals surface area contributed by atoms with Crippen LogP contribution in [0, 0.1) is 11.6 Å². The number of rotatable bonds is 3. The van der Waals surface area contributed by atoms with Gasteiger partial charge in [0.05, 0.1) is 17.4 Å². The van der Waals surface area contributed by atoms with Crippen LogP contribution in [-0.2, 0) is 6.18 Å². The number of nitrogens with one attached hydrogen (secondary N) is 1. The summed E-state index contributed by atoms with van der Waals surface area (Å²) in [4.78, 5) is 12.3. The normalized spacial score (nSPS) is 11.5. The van der Waals surface area contributed by atoms with Gasteiger partial charge in [-0.25, -0.2) is 13.5 Å². The molecule has 1 N–H and O–H groups in total. The molecular weight excluding hydrogens is 393 g/mol. The SMILES string of the molecule is O=C(Nc1ccc(Cl)cc1F)c1cnn(-c2ccccc2F)c1C(F)(F)F. The first kappa shape index (κ1) is 18.8. The second-order valence-corrected chi connectivity index (χ2v) is 5.78. The molecule has 4 nitrogen and oxygen atoms in total. The monoisotopic (exact) mass is 401 g/mol. The number of hydrogen-bond donors (Lipinski definition) is 1. The first-order valence-electron chi connectivity index (χ1n) is 7.35. The minimum atomic E-state index is -5.02. The van der Waals surface area contributed by atoms with E-state index in [1.807, 2.05) is 5.32 Å². The van der Waals surface area contributed by atoms with Crippen molar-refractivity contribution < 1.29 is 26.7 Å². The lowest BCUT2D eigenvalue weighted by Gasteiger charge is -2.13. The first-order chi connectivity index (χ1) is 12.7. The Hall–Kier alpha value is -2.94. The molecule has 1 amide bonds. The van der Waals surface area contributed by atoms with Crippen LogP contribution in [0.2, 0.25) is 5.02 Å². The maximum atomic E-state index is 13.9. The quantitative estimate of drug-likeness (QED) is 0.622. The average Bonchev–Trinajstić information content (AvgIpc) is 3.03. The molecule has 27 heavy (non-hydrogen) atoms. The number of hydrogen-bond acceptors (Lipinski definition) is 2. The number of halogens is 6. The second-order valence-electron chi connectivity index (χ2n) is 5.35. The number of benzene rings is 2. The Balaban J connectivity index is 2.06. The standard InChI is InChI=1S/C17H9ClF5N3O/c18-9-5-6-13(12(20)7-9)25-16(27)10-8-24-26(15(10)17(21,22)23)14-4-2-1-3-11(14)19/h1-8H,(H,25,27). The van der Waals surface area contributed by atoms with Crippen LogP contribution in [-0.4, -0.2) is 15.7 Å². The maximum Gasteiger partial charge on any atom is 0.434 e. The minimum absolute atomic E-state index is 0.0499. The number of para-hydroxylation sites is 1. The molecule has 1 aromatic heterocycles. The molecule has 0 spiro atoms. The Morgan fingerprint density at radius 1 is 1.07 bits per heavy atom. The van der Waals surface area contributed by atoms with Gasteiger partial charge in [-0.15, -0.1) is 0 Å². The Labute approximate surface area is 154 Å². The van der Waals surface area contributed by atoms with Crippen molar-refractivity contribution in [2.75, 3.05) is 5.32 Å². The topological polar surface area (TPSA) is 46.9 Å². The van der Waals surface area contributed by atoms with Crippen molar-refractivity contribution in [1.29, 1.82) is 0 Å². The lowest BCUT2D eigenvalue weighted by atomic mass is 10.2. The maximum absolute atomic E-state index is 13.9. The minimum Gasteiger partial charge on any atom is -0.319 e. The van der Waals surface area contributed by atoms with Crippen LogP contribution in [0.5, 0.6) is 0 Å². The average molecular weight is 402 g/mol. The van der Waals surface area contributed by atoms with Crippen molar-refractivity contribution >= 4 is 23.2 Å². The lowest BCUT2D eigenvalue weighted by molar-refractivity contribution is -0.143. The molecule has 1 heterocycles. The van der Waals surface area contributed by atoms with E-state index >= 15 is 0 Å². The summed E-state index contributed by atoms with van der Waals surface area (Å²) in [6.45, 7) is 0. The molecule has 0 aliphatic rings. The van der Waals surface area contributed by atoms with Crippen LogP contribution in [0.4, 0.5) is 27.6 Å². The van der Waals surface area contributed by atoms with Crippen LogP contribution in [0.25, 0.3) is 5.69 Å². The molecule has 10 heteroatoms. The van der Waals surface area contributed by atoms with Gasteiger partial charge in [0.15, 0.2) is 5.69 Å². The summed E-state index contributed by atoms with van der Waals surface area (Å²) < 4.78 is 68.6. The second kappa shape index (κ2) is 6.99.